The van der Waals surface area contributed by atoms with Crippen LogP contribution in [0.25, 0.3) is 0 Å². The summed E-state index contributed by atoms with van der Waals surface area (Å²) in [5.41, 5.74) is 0. The number of imide groups is 1. The second kappa shape index (κ2) is 6.49. The first-order valence-corrected chi connectivity index (χ1v) is 6.19. The highest BCUT2D eigenvalue weighted by molar-refractivity contribution is 6.02. The molecule has 0 aliphatic carbocycles. The Morgan fingerprint density at radius 3 is 2.33 bits per heavy atom. The van der Waals surface area contributed by atoms with Crippen LogP contribution < -0.4 is 5.32 Å². The third-order valence-corrected chi connectivity index (χ3v) is 3.07. The lowest BCUT2D eigenvalue weighted by Crippen LogP contribution is -2.42. The van der Waals surface area contributed by atoms with Gasteiger partial charge in [0.05, 0.1) is 12.6 Å². The lowest BCUT2D eigenvalue weighted by Gasteiger charge is -2.20. The maximum atomic E-state index is 11.6. The van der Waals surface area contributed by atoms with Crippen LogP contribution in [-0.4, -0.2) is 46.9 Å². The summed E-state index contributed by atoms with van der Waals surface area (Å²) in [5.74, 6) is -0.546. The van der Waals surface area contributed by atoms with Gasteiger partial charge in [0.2, 0.25) is 17.7 Å². The van der Waals surface area contributed by atoms with Crippen LogP contribution >= 0.6 is 0 Å². The molecule has 0 spiro atoms. The van der Waals surface area contributed by atoms with Gasteiger partial charge in [0, 0.05) is 25.8 Å². The number of rotatable bonds is 6. The molecule has 1 fully saturated rings. The fourth-order valence-corrected chi connectivity index (χ4v) is 1.79. The van der Waals surface area contributed by atoms with Crippen molar-refractivity contribution >= 4 is 17.7 Å². The third kappa shape index (κ3) is 3.80. The van der Waals surface area contributed by atoms with Gasteiger partial charge in [-0.3, -0.25) is 19.3 Å². The quantitative estimate of drug-likeness (QED) is 0.636. The van der Waals surface area contributed by atoms with E-state index < -0.39 is 0 Å². The van der Waals surface area contributed by atoms with Crippen LogP contribution in [0, 0.1) is 5.92 Å². The van der Waals surface area contributed by atoms with Crippen molar-refractivity contribution in [1.82, 2.24) is 10.2 Å². The predicted octanol–water partition coefficient (Wildman–Crippen LogP) is -0.341. The van der Waals surface area contributed by atoms with E-state index in [9.17, 15) is 14.4 Å². The number of carbonyl (C=O) groups excluding carboxylic acids is 3. The first-order chi connectivity index (χ1) is 8.45. The molecule has 0 aromatic carbocycles. The first-order valence-electron chi connectivity index (χ1n) is 6.19. The Morgan fingerprint density at radius 1 is 1.33 bits per heavy atom. The minimum absolute atomic E-state index is 0.0840. The molecule has 0 aromatic rings. The zero-order valence-electron chi connectivity index (χ0n) is 10.8. The Balaban J connectivity index is 2.37. The molecule has 6 heteroatoms. The smallest absolute Gasteiger partial charge is 0.229 e. The van der Waals surface area contributed by atoms with Crippen molar-refractivity contribution in [3.8, 4) is 0 Å². The van der Waals surface area contributed by atoms with Gasteiger partial charge in [0.15, 0.2) is 0 Å². The van der Waals surface area contributed by atoms with E-state index in [1.165, 1.54) is 0 Å². The van der Waals surface area contributed by atoms with E-state index in [-0.39, 0.29) is 62.1 Å². The standard InChI is InChI=1S/C12H20N2O4/c1-8(2)9(7-15)13-10(16)5-6-14-11(17)3-4-12(14)18/h8-9,15H,3-7H2,1-2H3,(H,13,16). The molecule has 1 unspecified atom stereocenters. The van der Waals surface area contributed by atoms with E-state index in [1.54, 1.807) is 0 Å². The normalized spacial score (nSPS) is 17.4. The van der Waals surface area contributed by atoms with Crippen LogP contribution in [0.1, 0.15) is 33.1 Å². The Hall–Kier alpha value is -1.43. The third-order valence-electron chi connectivity index (χ3n) is 3.07. The van der Waals surface area contributed by atoms with Gasteiger partial charge in [-0.05, 0) is 5.92 Å². The van der Waals surface area contributed by atoms with E-state index in [0.29, 0.717) is 0 Å². The van der Waals surface area contributed by atoms with E-state index in [4.69, 9.17) is 5.11 Å². The minimum atomic E-state index is -0.289. The average molecular weight is 256 g/mol. The van der Waals surface area contributed by atoms with Crippen LogP contribution in [0.2, 0.25) is 0 Å². The van der Waals surface area contributed by atoms with E-state index in [2.05, 4.69) is 5.32 Å². The topological polar surface area (TPSA) is 86.7 Å². The molecule has 18 heavy (non-hydrogen) atoms. The van der Waals surface area contributed by atoms with Gasteiger partial charge in [-0.25, -0.2) is 0 Å². The second-order valence-electron chi connectivity index (χ2n) is 4.79. The Bertz CT molecular complexity index is 325. The first kappa shape index (κ1) is 14.6. The average Bonchev–Trinajstić information content (AvgIpc) is 2.63. The number of aliphatic hydroxyl groups excluding tert-OH is 1. The zero-order valence-corrected chi connectivity index (χ0v) is 10.8. The molecule has 2 N–H and O–H groups in total. The van der Waals surface area contributed by atoms with Crippen molar-refractivity contribution in [2.45, 2.75) is 39.2 Å². The van der Waals surface area contributed by atoms with E-state index >= 15 is 0 Å². The number of amides is 3. The summed E-state index contributed by atoms with van der Waals surface area (Å²) < 4.78 is 0. The number of carbonyl (C=O) groups is 3. The van der Waals surface area contributed by atoms with Crippen molar-refractivity contribution in [2.75, 3.05) is 13.2 Å². The van der Waals surface area contributed by atoms with Gasteiger partial charge >= 0.3 is 0 Å². The van der Waals surface area contributed by atoms with Crippen molar-refractivity contribution in [3.63, 3.8) is 0 Å². The van der Waals surface area contributed by atoms with E-state index in [1.807, 2.05) is 13.8 Å². The molecular weight excluding hydrogens is 236 g/mol. The summed E-state index contributed by atoms with van der Waals surface area (Å²) in [4.78, 5) is 35.4. The fraction of sp³-hybridized carbons (Fsp3) is 0.750. The molecule has 1 saturated heterocycles. The molecule has 1 aliphatic rings. The number of nitrogens with one attached hydrogen (secondary N) is 1. The highest BCUT2D eigenvalue weighted by Crippen LogP contribution is 2.11. The minimum Gasteiger partial charge on any atom is -0.394 e. The summed E-state index contributed by atoms with van der Waals surface area (Å²) >= 11 is 0. The Kier molecular flexibility index (Phi) is 5.27. The zero-order chi connectivity index (χ0) is 13.7. The van der Waals surface area contributed by atoms with Gasteiger partial charge in [0.25, 0.3) is 0 Å². The molecular formula is C12H20N2O4. The van der Waals surface area contributed by atoms with Crippen LogP contribution in [0.15, 0.2) is 0 Å². The predicted molar refractivity (Wildman–Crippen MR) is 64.4 cm³/mol. The van der Waals surface area contributed by atoms with Gasteiger partial charge < -0.3 is 10.4 Å². The lowest BCUT2D eigenvalue weighted by molar-refractivity contribution is -0.138. The Labute approximate surface area is 106 Å². The number of aliphatic hydroxyl groups is 1. The van der Waals surface area contributed by atoms with E-state index in [0.717, 1.165) is 4.90 Å². The van der Waals surface area contributed by atoms with Crippen molar-refractivity contribution < 1.29 is 19.5 Å². The van der Waals surface area contributed by atoms with Crippen LogP contribution in [0.3, 0.4) is 0 Å². The summed E-state index contributed by atoms with van der Waals surface area (Å²) in [6.07, 6.45) is 0.568. The van der Waals surface area contributed by atoms with Gasteiger partial charge in [-0.15, -0.1) is 0 Å². The largest absolute Gasteiger partial charge is 0.394 e. The monoisotopic (exact) mass is 256 g/mol. The molecule has 102 valence electrons. The molecule has 1 rings (SSSR count). The van der Waals surface area contributed by atoms with Crippen LogP contribution in [-0.2, 0) is 14.4 Å². The maximum Gasteiger partial charge on any atom is 0.229 e. The summed E-state index contributed by atoms with van der Waals surface area (Å²) in [5, 5.41) is 11.8. The number of hydrogen-bond donors (Lipinski definition) is 2. The molecule has 0 radical (unpaired) electrons. The summed E-state index contributed by atoms with van der Waals surface area (Å²) in [7, 11) is 0. The number of hydrogen-bond acceptors (Lipinski definition) is 4. The molecule has 6 nitrogen and oxygen atoms in total. The summed E-state index contributed by atoms with van der Waals surface area (Å²) in [6.45, 7) is 3.80. The fourth-order valence-electron chi connectivity index (χ4n) is 1.79. The highest BCUT2D eigenvalue weighted by atomic mass is 16.3. The van der Waals surface area contributed by atoms with Crippen LogP contribution in [0.5, 0.6) is 0 Å². The lowest BCUT2D eigenvalue weighted by atomic mass is 10.1. The van der Waals surface area contributed by atoms with Gasteiger partial charge in [-0.1, -0.05) is 13.8 Å². The molecule has 1 heterocycles. The van der Waals surface area contributed by atoms with Crippen LogP contribution in [0.4, 0.5) is 0 Å². The molecule has 3 amide bonds. The molecule has 1 aliphatic heterocycles. The Morgan fingerprint density at radius 2 is 1.89 bits per heavy atom. The van der Waals surface area contributed by atoms with Crippen molar-refractivity contribution in [2.24, 2.45) is 5.92 Å². The number of likely N-dealkylation sites (tertiary alicyclic amines) is 1. The molecule has 1 atom stereocenters. The highest BCUT2D eigenvalue weighted by Gasteiger charge is 2.29. The summed E-state index contributed by atoms with van der Waals surface area (Å²) in [6, 6.07) is -0.289. The molecule has 0 bridgehead atoms. The van der Waals surface area contributed by atoms with Crippen molar-refractivity contribution in [1.29, 1.82) is 0 Å². The van der Waals surface area contributed by atoms with Gasteiger partial charge in [0.1, 0.15) is 0 Å². The SMILES string of the molecule is CC(C)C(CO)NC(=O)CCN1C(=O)CCC1=O. The number of nitrogens with zero attached hydrogens (tertiary/aromatic N) is 1. The molecule has 0 aromatic heterocycles. The van der Waals surface area contributed by atoms with Gasteiger partial charge in [-0.2, -0.15) is 0 Å². The second-order valence-corrected chi connectivity index (χ2v) is 4.79. The molecule has 0 saturated carbocycles. The maximum absolute atomic E-state index is 11.6. The van der Waals surface area contributed by atoms with Crippen molar-refractivity contribution in [3.05, 3.63) is 0 Å².